The first-order valence-electron chi connectivity index (χ1n) is 20.5. The van der Waals surface area contributed by atoms with Crippen LogP contribution >= 0.6 is 0 Å². The first-order valence-corrected chi connectivity index (χ1v) is 20.5. The quantitative estimate of drug-likeness (QED) is 0.242. The molecule has 52 heavy (non-hydrogen) atoms. The molecule has 9 aliphatic heterocycles. The SMILES string of the molecule is CC#CC[N+]12CC[C@@]34c5ccccc5N5[C@@H]6OCC=C7C[N+]8(CC#CC)CC[C@]9%10c%11ccccc%11N([C@@H]%11OCC=C(C1)[C@H](C[C@@H]32)[C@@H]%11[C@H]54)[C@H]9[C@H]6[C@H]7C[C@@H]%108. The van der Waals surface area contributed by atoms with E-state index in [-0.39, 0.29) is 23.3 Å². The van der Waals surface area contributed by atoms with E-state index in [0.29, 0.717) is 61.1 Å². The summed E-state index contributed by atoms with van der Waals surface area (Å²) in [7, 11) is 0. The van der Waals surface area contributed by atoms with E-state index in [1.807, 2.05) is 13.8 Å². The predicted molar refractivity (Wildman–Crippen MR) is 201 cm³/mol. The van der Waals surface area contributed by atoms with Crippen LogP contribution in [0.25, 0.3) is 0 Å². The molecule has 6 nitrogen and oxygen atoms in total. The predicted octanol–water partition coefficient (Wildman–Crippen LogP) is 5.34. The molecule has 2 saturated carbocycles. The van der Waals surface area contributed by atoms with E-state index in [4.69, 9.17) is 9.47 Å². The Hall–Kier alpha value is -3.52. The Balaban J connectivity index is 1.10. The Bertz CT molecular complexity index is 2000. The maximum Gasteiger partial charge on any atom is 0.141 e. The molecular weight excluding hydrogens is 641 g/mol. The van der Waals surface area contributed by atoms with Gasteiger partial charge < -0.3 is 28.2 Å². The lowest BCUT2D eigenvalue weighted by Gasteiger charge is -2.65. The van der Waals surface area contributed by atoms with Gasteiger partial charge in [-0.3, -0.25) is 0 Å². The van der Waals surface area contributed by atoms with Gasteiger partial charge in [0, 0.05) is 60.7 Å². The van der Waals surface area contributed by atoms with Crippen LogP contribution in [0.5, 0.6) is 0 Å². The summed E-state index contributed by atoms with van der Waals surface area (Å²) < 4.78 is 17.3. The third-order valence-corrected chi connectivity index (χ3v) is 17.6. The molecule has 4 bridgehead atoms. The topological polar surface area (TPSA) is 24.9 Å². The summed E-state index contributed by atoms with van der Waals surface area (Å²) in [5.41, 5.74) is 9.58. The summed E-state index contributed by atoms with van der Waals surface area (Å²) in [5.74, 6) is 15.7. The van der Waals surface area contributed by atoms with E-state index >= 15 is 0 Å². The summed E-state index contributed by atoms with van der Waals surface area (Å²) in [4.78, 5) is 5.94. The lowest BCUT2D eigenvalue weighted by atomic mass is 9.52. The zero-order valence-corrected chi connectivity index (χ0v) is 30.6. The van der Waals surface area contributed by atoms with Crippen LogP contribution in [0.2, 0.25) is 0 Å². The normalized spacial score (nSPS) is 48.0. The second-order valence-corrected chi connectivity index (χ2v) is 18.6. The lowest BCUT2D eigenvalue weighted by molar-refractivity contribution is -0.936. The number of fused-ring (bicyclic) bond motifs is 6. The van der Waals surface area contributed by atoms with E-state index in [1.54, 1.807) is 22.3 Å². The van der Waals surface area contributed by atoms with Crippen LogP contribution in [0.3, 0.4) is 0 Å². The first-order chi connectivity index (χ1) is 25.6. The first kappa shape index (κ1) is 29.9. The Morgan fingerprint density at radius 1 is 0.673 bits per heavy atom. The summed E-state index contributed by atoms with van der Waals surface area (Å²) in [6, 6.07) is 21.1. The second-order valence-electron chi connectivity index (χ2n) is 18.6. The summed E-state index contributed by atoms with van der Waals surface area (Å²) in [6.07, 6.45) is 10.1. The smallest absolute Gasteiger partial charge is 0.141 e. The Labute approximate surface area is 308 Å². The molecule has 2 aromatic carbocycles. The van der Waals surface area contributed by atoms with Crippen LogP contribution in [0.4, 0.5) is 11.4 Å². The number of hydrogen-bond donors (Lipinski definition) is 0. The summed E-state index contributed by atoms with van der Waals surface area (Å²) >= 11 is 0. The highest BCUT2D eigenvalue weighted by molar-refractivity contribution is 5.72. The molecule has 2 unspecified atom stereocenters. The van der Waals surface area contributed by atoms with Gasteiger partial charge in [-0.1, -0.05) is 48.6 Å². The van der Waals surface area contributed by atoms with Gasteiger partial charge in [0.05, 0.1) is 49.2 Å². The highest BCUT2D eigenvalue weighted by Crippen LogP contribution is 2.72. The summed E-state index contributed by atoms with van der Waals surface area (Å²) in [6.45, 7) is 12.1. The standard InChI is InChI=1S/C46H50N4O2/c1-3-5-19-49-21-17-45-33-11-7-9-13-35(33)47-41(45)39-31(25-37(45)49)29(27-49)15-23-51-43(39)48-36-14-10-8-12-34(36)46-18-22-50(20-6-4-2)28-30-16-24-52-44(47)40(42(46)48)32(30)26-38(46)50/h7-16,31-32,37-44H,17-28H2,1-2H3/q+2/t31-,32-,37-,38-,39+,40+,41-,42-,43+,44+,45+,46+,49?,50?/m0/s1. The van der Waals surface area contributed by atoms with Gasteiger partial charge in [-0.25, -0.2) is 0 Å². The number of benzene rings is 2. The average molecular weight is 691 g/mol. The zero-order valence-electron chi connectivity index (χ0n) is 30.6. The van der Waals surface area contributed by atoms with Crippen LogP contribution in [-0.2, 0) is 20.3 Å². The minimum absolute atomic E-state index is 0.0216. The molecule has 2 aliphatic carbocycles. The summed E-state index contributed by atoms with van der Waals surface area (Å²) in [5, 5.41) is 0. The number of quaternary nitrogens is 2. The third kappa shape index (κ3) is 3.09. The van der Waals surface area contributed by atoms with Crippen LogP contribution in [-0.4, -0.2) is 98.1 Å². The second kappa shape index (κ2) is 9.77. The highest BCUT2D eigenvalue weighted by atomic mass is 16.5. The molecule has 264 valence electrons. The van der Waals surface area contributed by atoms with Gasteiger partial charge in [-0.15, -0.1) is 11.8 Å². The fourth-order valence-corrected chi connectivity index (χ4v) is 16.3. The molecule has 0 amide bonds. The maximum atomic E-state index is 7.54. The zero-order chi connectivity index (χ0) is 34.2. The Kier molecular flexibility index (Phi) is 5.61. The largest absolute Gasteiger partial charge is 0.354 e. The molecule has 0 radical (unpaired) electrons. The number of nitrogens with zero attached hydrogens (tertiary/aromatic N) is 4. The van der Waals surface area contributed by atoms with Gasteiger partial charge in [0.25, 0.3) is 0 Å². The van der Waals surface area contributed by atoms with Gasteiger partial charge in [-0.2, -0.15) is 0 Å². The maximum absolute atomic E-state index is 7.54. The fraction of sp³-hybridized carbons (Fsp3) is 0.565. The molecular formula is C46H50N4O2+2. The number of piperidine rings is 2. The van der Waals surface area contributed by atoms with E-state index in [9.17, 15) is 0 Å². The Morgan fingerprint density at radius 2 is 1.13 bits per heavy atom. The van der Waals surface area contributed by atoms with Crippen molar-refractivity contribution in [2.24, 2.45) is 23.7 Å². The lowest BCUT2D eigenvalue weighted by Crippen LogP contribution is -2.78. The number of para-hydroxylation sites is 2. The monoisotopic (exact) mass is 690 g/mol. The molecule has 7 fully saturated rings. The number of anilines is 2. The van der Waals surface area contributed by atoms with Crippen molar-refractivity contribution in [1.82, 2.24) is 0 Å². The molecule has 5 saturated heterocycles. The van der Waals surface area contributed by atoms with Gasteiger partial charge in [0.1, 0.15) is 50.7 Å². The molecule has 2 spiro atoms. The van der Waals surface area contributed by atoms with Gasteiger partial charge in [-0.05, 0) is 60.1 Å². The molecule has 0 N–H and O–H groups in total. The van der Waals surface area contributed by atoms with Gasteiger partial charge >= 0.3 is 0 Å². The fourth-order valence-electron chi connectivity index (χ4n) is 16.3. The number of rotatable bonds is 2. The Morgan fingerprint density at radius 3 is 1.60 bits per heavy atom. The van der Waals surface area contributed by atoms with Gasteiger partial charge in [0.2, 0.25) is 0 Å². The van der Waals surface area contributed by atoms with E-state index < -0.39 is 0 Å². The van der Waals surface area contributed by atoms with Crippen LogP contribution in [0, 0.1) is 47.4 Å². The average Bonchev–Trinajstić information content (AvgIpc) is 3.79. The van der Waals surface area contributed by atoms with Crippen LogP contribution < -0.4 is 9.80 Å². The van der Waals surface area contributed by atoms with Crippen molar-refractivity contribution in [3.63, 3.8) is 0 Å². The minimum atomic E-state index is 0.0216. The highest BCUT2D eigenvalue weighted by Gasteiger charge is 2.80. The van der Waals surface area contributed by atoms with Crippen LogP contribution in [0.15, 0.2) is 71.8 Å². The molecule has 6 heteroatoms. The van der Waals surface area contributed by atoms with E-state index in [2.05, 4.69) is 94.2 Å². The molecule has 13 rings (SSSR count). The van der Waals surface area contributed by atoms with Gasteiger partial charge in [0.15, 0.2) is 0 Å². The number of ether oxygens (including phenoxy) is 2. The number of hydrogen-bond acceptors (Lipinski definition) is 4. The van der Waals surface area contributed by atoms with E-state index in [0.717, 1.165) is 35.1 Å². The molecule has 0 aromatic heterocycles. The van der Waals surface area contributed by atoms with Crippen molar-refractivity contribution in [3.8, 4) is 23.7 Å². The third-order valence-electron chi connectivity index (χ3n) is 17.6. The van der Waals surface area contributed by atoms with Crippen molar-refractivity contribution < 1.29 is 18.4 Å². The minimum Gasteiger partial charge on any atom is -0.354 e. The van der Waals surface area contributed by atoms with E-state index in [1.165, 1.54) is 50.1 Å². The molecule has 11 aliphatic rings. The van der Waals surface area contributed by atoms with Crippen molar-refractivity contribution in [2.75, 3.05) is 62.3 Å². The van der Waals surface area contributed by atoms with Crippen molar-refractivity contribution in [3.05, 3.63) is 83.0 Å². The van der Waals surface area contributed by atoms with Crippen molar-refractivity contribution in [2.45, 2.75) is 87.0 Å². The molecule has 9 heterocycles. The molecule has 14 atom stereocenters. The molecule has 2 aromatic rings. The van der Waals surface area contributed by atoms with Crippen molar-refractivity contribution in [1.29, 1.82) is 0 Å². The van der Waals surface area contributed by atoms with Crippen molar-refractivity contribution >= 4 is 11.4 Å². The van der Waals surface area contributed by atoms with Crippen LogP contribution in [0.1, 0.15) is 50.7 Å².